The van der Waals surface area contributed by atoms with Crippen LogP contribution in [0.5, 0.6) is 0 Å². The van der Waals surface area contributed by atoms with Crippen molar-refractivity contribution < 1.29 is 14.6 Å². The number of carbonyl (C=O) groups excluding carboxylic acids is 1. The third kappa shape index (κ3) is 4.66. The lowest BCUT2D eigenvalue weighted by atomic mass is 9.89. The average Bonchev–Trinajstić information content (AvgIpc) is 2.55. The summed E-state index contributed by atoms with van der Waals surface area (Å²) in [4.78, 5) is 19.0. The Kier molecular flexibility index (Phi) is 6.83. The molecular weight excluding hydrogens is 294 g/mol. The first-order chi connectivity index (χ1) is 10.9. The van der Waals surface area contributed by atoms with Crippen molar-refractivity contribution in [3.8, 4) is 0 Å². The Morgan fingerprint density at radius 1 is 1.26 bits per heavy atom. The highest BCUT2D eigenvalue weighted by Crippen LogP contribution is 2.25. The van der Waals surface area contributed by atoms with Crippen LogP contribution in [0.4, 0.5) is 0 Å². The minimum atomic E-state index is -0.583. The second-order valence-electron chi connectivity index (χ2n) is 7.17. The van der Waals surface area contributed by atoms with E-state index in [1.54, 1.807) is 12.0 Å². The van der Waals surface area contributed by atoms with Crippen LogP contribution >= 0.6 is 0 Å². The molecule has 1 aliphatic heterocycles. The summed E-state index contributed by atoms with van der Waals surface area (Å²) in [7, 11) is 3.45. The van der Waals surface area contributed by atoms with Gasteiger partial charge in [0.25, 0.3) is 0 Å². The van der Waals surface area contributed by atoms with E-state index in [9.17, 15) is 9.90 Å². The Bertz CT molecular complexity index is 383. The molecule has 0 spiro atoms. The monoisotopic (exact) mass is 327 g/mol. The van der Waals surface area contributed by atoms with Gasteiger partial charge in [-0.1, -0.05) is 0 Å². The fourth-order valence-electron chi connectivity index (χ4n) is 3.72. The zero-order valence-corrected chi connectivity index (χ0v) is 15.1. The van der Waals surface area contributed by atoms with E-state index in [4.69, 9.17) is 4.74 Å². The maximum atomic E-state index is 12.6. The number of likely N-dealkylation sites (N-methyl/N-ethyl adjacent to an activating group) is 1. The Labute approximate surface area is 140 Å². The molecule has 3 atom stereocenters. The zero-order chi connectivity index (χ0) is 17.0. The summed E-state index contributed by atoms with van der Waals surface area (Å²) >= 11 is 0. The van der Waals surface area contributed by atoms with Crippen LogP contribution < -0.4 is 0 Å². The summed E-state index contributed by atoms with van der Waals surface area (Å²) in [6.07, 6.45) is 1.97. The van der Waals surface area contributed by atoms with Crippen LogP contribution in [0, 0.1) is 0 Å². The van der Waals surface area contributed by atoms with Crippen molar-refractivity contribution in [2.75, 3.05) is 46.9 Å². The summed E-state index contributed by atoms with van der Waals surface area (Å²) in [5, 5.41) is 10.4. The number of hydrogen-bond acceptors (Lipinski definition) is 5. The van der Waals surface area contributed by atoms with E-state index < -0.39 is 6.10 Å². The summed E-state index contributed by atoms with van der Waals surface area (Å²) in [5.74, 6) is 0.101. The van der Waals surface area contributed by atoms with Crippen LogP contribution in [0.2, 0.25) is 0 Å². The van der Waals surface area contributed by atoms with Crippen molar-refractivity contribution in [2.24, 2.45) is 0 Å². The smallest absolute Gasteiger partial charge is 0.236 e. The van der Waals surface area contributed by atoms with Crippen molar-refractivity contribution in [3.63, 3.8) is 0 Å². The van der Waals surface area contributed by atoms with E-state index in [0.717, 1.165) is 45.4 Å². The summed E-state index contributed by atoms with van der Waals surface area (Å²) in [5.41, 5.74) is 0. The maximum Gasteiger partial charge on any atom is 0.236 e. The van der Waals surface area contributed by atoms with Crippen LogP contribution in [-0.4, -0.2) is 96.9 Å². The minimum Gasteiger partial charge on any atom is -0.388 e. The highest BCUT2D eigenvalue weighted by molar-refractivity contribution is 5.78. The lowest BCUT2D eigenvalue weighted by molar-refractivity contribution is -0.141. The summed E-state index contributed by atoms with van der Waals surface area (Å²) in [6.45, 7) is 8.79. The van der Waals surface area contributed by atoms with Gasteiger partial charge in [-0.2, -0.15) is 0 Å². The van der Waals surface area contributed by atoms with Gasteiger partial charge in [-0.05, 0) is 33.1 Å². The first kappa shape index (κ1) is 18.6. The van der Waals surface area contributed by atoms with Gasteiger partial charge < -0.3 is 14.7 Å². The number of piperazine rings is 1. The molecule has 2 rings (SSSR count). The number of aliphatic hydroxyl groups is 1. The largest absolute Gasteiger partial charge is 0.388 e. The van der Waals surface area contributed by atoms with Crippen molar-refractivity contribution in [3.05, 3.63) is 0 Å². The van der Waals surface area contributed by atoms with Crippen molar-refractivity contribution >= 4 is 5.91 Å². The number of methoxy groups -OCH3 is 1. The van der Waals surface area contributed by atoms with Gasteiger partial charge in [0.2, 0.25) is 5.91 Å². The molecule has 134 valence electrons. The lowest BCUT2D eigenvalue weighted by Gasteiger charge is -2.41. The van der Waals surface area contributed by atoms with Crippen LogP contribution in [0.1, 0.15) is 33.1 Å². The molecular formula is C17H33N3O3. The van der Waals surface area contributed by atoms with Crippen LogP contribution in [0.25, 0.3) is 0 Å². The van der Waals surface area contributed by atoms with Crippen LogP contribution in [0.3, 0.4) is 0 Å². The first-order valence-electron chi connectivity index (χ1n) is 8.87. The Balaban J connectivity index is 1.83. The average molecular weight is 327 g/mol. The van der Waals surface area contributed by atoms with Gasteiger partial charge in [-0.15, -0.1) is 0 Å². The van der Waals surface area contributed by atoms with Gasteiger partial charge in [0.1, 0.15) is 6.10 Å². The van der Waals surface area contributed by atoms with E-state index >= 15 is 0 Å². The normalized spacial score (nSPS) is 30.6. The number of nitrogens with zero attached hydrogens (tertiary/aromatic N) is 3. The van der Waals surface area contributed by atoms with Gasteiger partial charge in [-0.3, -0.25) is 14.6 Å². The molecule has 0 radical (unpaired) electrons. The number of aliphatic hydroxyl groups excluding tert-OH is 1. The molecule has 1 saturated carbocycles. The van der Waals surface area contributed by atoms with Gasteiger partial charge in [0, 0.05) is 46.4 Å². The molecule has 1 N–H and O–H groups in total. The minimum absolute atomic E-state index is 0.101. The Morgan fingerprint density at radius 3 is 2.48 bits per heavy atom. The zero-order valence-electron chi connectivity index (χ0n) is 15.1. The van der Waals surface area contributed by atoms with E-state index in [1.165, 1.54) is 0 Å². The molecule has 1 amide bonds. The van der Waals surface area contributed by atoms with E-state index in [2.05, 4.69) is 23.6 Å². The molecule has 6 nitrogen and oxygen atoms in total. The number of rotatable bonds is 5. The predicted molar refractivity (Wildman–Crippen MR) is 90.4 cm³/mol. The first-order valence-corrected chi connectivity index (χ1v) is 8.87. The maximum absolute atomic E-state index is 12.6. The van der Waals surface area contributed by atoms with E-state index in [1.807, 2.05) is 7.05 Å². The molecule has 0 unspecified atom stereocenters. The SMILES string of the molecule is CO[C@@H]1CCC[C@@H](N(C)C(=O)CN2CCN(C(C)C)CC2)[C@H]1O. The molecule has 1 saturated heterocycles. The second kappa shape index (κ2) is 8.42. The van der Waals surface area contributed by atoms with Crippen molar-refractivity contribution in [1.29, 1.82) is 0 Å². The van der Waals surface area contributed by atoms with E-state index in [-0.39, 0.29) is 18.1 Å². The third-order valence-corrected chi connectivity index (χ3v) is 5.45. The quantitative estimate of drug-likeness (QED) is 0.792. The Hall–Kier alpha value is -0.690. The van der Waals surface area contributed by atoms with Crippen molar-refractivity contribution in [1.82, 2.24) is 14.7 Å². The molecule has 1 aliphatic carbocycles. The highest BCUT2D eigenvalue weighted by atomic mass is 16.5. The fourth-order valence-corrected chi connectivity index (χ4v) is 3.72. The summed E-state index contributed by atoms with van der Waals surface area (Å²) in [6, 6.07) is 0.442. The molecule has 23 heavy (non-hydrogen) atoms. The molecule has 0 aromatic carbocycles. The highest BCUT2D eigenvalue weighted by Gasteiger charge is 2.36. The Morgan fingerprint density at radius 2 is 1.91 bits per heavy atom. The number of amides is 1. The second-order valence-corrected chi connectivity index (χ2v) is 7.17. The lowest BCUT2D eigenvalue weighted by Crippen LogP contribution is -2.56. The number of hydrogen-bond donors (Lipinski definition) is 1. The third-order valence-electron chi connectivity index (χ3n) is 5.45. The molecule has 2 fully saturated rings. The molecule has 0 bridgehead atoms. The predicted octanol–water partition coefficient (Wildman–Crippen LogP) is 0.399. The van der Waals surface area contributed by atoms with E-state index in [0.29, 0.717) is 12.6 Å². The molecule has 6 heteroatoms. The van der Waals surface area contributed by atoms with Gasteiger partial charge >= 0.3 is 0 Å². The van der Waals surface area contributed by atoms with Gasteiger partial charge in [0.05, 0.1) is 18.7 Å². The standard InChI is InChI=1S/C17H33N3O3/c1-13(2)20-10-8-19(9-11-20)12-16(21)18(3)14-6-5-7-15(23-4)17(14)22/h13-15,17,22H,5-12H2,1-4H3/t14-,15-,17-/m1/s1. The van der Waals surface area contributed by atoms with Gasteiger partial charge in [-0.25, -0.2) is 0 Å². The molecule has 0 aromatic rings. The number of carbonyl (C=O) groups is 1. The molecule has 1 heterocycles. The van der Waals surface area contributed by atoms with Crippen LogP contribution in [-0.2, 0) is 9.53 Å². The summed E-state index contributed by atoms with van der Waals surface area (Å²) < 4.78 is 5.34. The number of ether oxygens (including phenoxy) is 1. The molecule has 2 aliphatic rings. The fraction of sp³-hybridized carbons (Fsp3) is 0.941. The van der Waals surface area contributed by atoms with Crippen molar-refractivity contribution in [2.45, 2.75) is 57.4 Å². The van der Waals surface area contributed by atoms with Gasteiger partial charge in [0.15, 0.2) is 0 Å². The molecule has 0 aromatic heterocycles. The topological polar surface area (TPSA) is 56.2 Å². The van der Waals surface area contributed by atoms with Crippen LogP contribution in [0.15, 0.2) is 0 Å².